The van der Waals surface area contributed by atoms with Gasteiger partial charge in [0, 0.05) is 4.47 Å². The zero-order valence-electron chi connectivity index (χ0n) is 13.4. The Bertz CT molecular complexity index is 920. The van der Waals surface area contributed by atoms with Crippen LogP contribution in [0.2, 0.25) is 10.0 Å². The molecule has 0 bridgehead atoms. The Morgan fingerprint density at radius 1 is 1.24 bits per heavy atom. The first-order chi connectivity index (χ1) is 11.6. The number of aryl methyl sites for hydroxylation is 1. The summed E-state index contributed by atoms with van der Waals surface area (Å²) in [6, 6.07) is 9.85. The summed E-state index contributed by atoms with van der Waals surface area (Å²) in [5.41, 5.74) is 1.57. The Balaban J connectivity index is 2.27. The zero-order valence-corrected chi connectivity index (χ0v) is 17.3. The molecule has 0 aliphatic carbocycles. The van der Waals surface area contributed by atoms with Crippen LogP contribution in [0.3, 0.4) is 0 Å². The molecule has 0 aliphatic heterocycles. The second-order valence-electron chi connectivity index (χ2n) is 5.35. The van der Waals surface area contributed by atoms with Gasteiger partial charge in [-0.05, 0) is 42.8 Å². The van der Waals surface area contributed by atoms with Gasteiger partial charge >= 0.3 is 0 Å². The molecule has 2 aromatic rings. The second kappa shape index (κ2) is 7.95. The average Bonchev–Trinajstić information content (AvgIpc) is 2.51. The van der Waals surface area contributed by atoms with E-state index < -0.39 is 15.9 Å². The fourth-order valence-corrected chi connectivity index (χ4v) is 3.55. The van der Waals surface area contributed by atoms with Gasteiger partial charge in [-0.15, -0.1) is 0 Å². The maximum Gasteiger partial charge on any atom is 0.245 e. The third kappa shape index (κ3) is 5.10. The zero-order chi connectivity index (χ0) is 18.8. The van der Waals surface area contributed by atoms with E-state index in [4.69, 9.17) is 23.2 Å². The molecule has 5 nitrogen and oxygen atoms in total. The maximum absolute atomic E-state index is 12.3. The van der Waals surface area contributed by atoms with Gasteiger partial charge in [-0.25, -0.2) is 8.42 Å². The average molecular weight is 466 g/mol. The van der Waals surface area contributed by atoms with Gasteiger partial charge in [0.1, 0.15) is 6.54 Å². The van der Waals surface area contributed by atoms with E-state index in [2.05, 4.69) is 21.2 Å². The van der Waals surface area contributed by atoms with E-state index in [1.165, 1.54) is 0 Å². The smallest absolute Gasteiger partial charge is 0.245 e. The first-order valence-electron chi connectivity index (χ1n) is 7.07. The third-order valence-electron chi connectivity index (χ3n) is 3.34. The molecule has 0 saturated heterocycles. The number of halogens is 3. The van der Waals surface area contributed by atoms with Crippen LogP contribution in [0.15, 0.2) is 40.9 Å². The number of nitrogens with zero attached hydrogens (tertiary/aromatic N) is 1. The van der Waals surface area contributed by atoms with Crippen LogP contribution >= 0.6 is 39.1 Å². The van der Waals surface area contributed by atoms with Crippen LogP contribution in [-0.2, 0) is 14.8 Å². The van der Waals surface area contributed by atoms with Gasteiger partial charge in [0.05, 0.1) is 27.7 Å². The highest BCUT2D eigenvalue weighted by molar-refractivity contribution is 9.10. The largest absolute Gasteiger partial charge is 0.323 e. The minimum absolute atomic E-state index is 0.197. The number of amides is 1. The molecule has 1 N–H and O–H groups in total. The molecular weight excluding hydrogens is 451 g/mol. The molecule has 134 valence electrons. The molecule has 2 rings (SSSR count). The minimum Gasteiger partial charge on any atom is -0.323 e. The number of carbonyl (C=O) groups is 1. The lowest BCUT2D eigenvalue weighted by Gasteiger charge is -2.22. The van der Waals surface area contributed by atoms with Crippen molar-refractivity contribution in [1.82, 2.24) is 0 Å². The van der Waals surface area contributed by atoms with Gasteiger partial charge in [0.2, 0.25) is 15.9 Å². The van der Waals surface area contributed by atoms with Crippen LogP contribution in [-0.4, -0.2) is 27.1 Å². The lowest BCUT2D eigenvalue weighted by Crippen LogP contribution is -2.37. The highest BCUT2D eigenvalue weighted by Crippen LogP contribution is 2.30. The number of hydrogen-bond acceptors (Lipinski definition) is 3. The van der Waals surface area contributed by atoms with Crippen LogP contribution in [0.4, 0.5) is 11.4 Å². The molecule has 0 atom stereocenters. The van der Waals surface area contributed by atoms with Crippen LogP contribution in [0.5, 0.6) is 0 Å². The Morgan fingerprint density at radius 2 is 1.92 bits per heavy atom. The Labute approximate surface area is 165 Å². The number of rotatable bonds is 5. The Morgan fingerprint density at radius 3 is 2.52 bits per heavy atom. The number of sulfonamides is 1. The molecular formula is C16H15BrCl2N2O3S. The Kier molecular flexibility index (Phi) is 6.37. The van der Waals surface area contributed by atoms with Gasteiger partial charge in [-0.2, -0.15) is 0 Å². The van der Waals surface area contributed by atoms with Gasteiger partial charge in [-0.3, -0.25) is 9.10 Å². The highest BCUT2D eigenvalue weighted by Gasteiger charge is 2.22. The molecule has 0 aromatic heterocycles. The third-order valence-corrected chi connectivity index (χ3v) is 6.19. The number of nitrogens with one attached hydrogen (secondary N) is 1. The normalized spacial score (nSPS) is 11.2. The molecule has 0 spiro atoms. The van der Waals surface area contributed by atoms with Crippen molar-refractivity contribution in [3.8, 4) is 0 Å². The quantitative estimate of drug-likeness (QED) is 0.708. The molecule has 0 fully saturated rings. The SMILES string of the molecule is Cc1cc(N(CC(=O)Nc2cccc(Cl)c2Cl)S(C)(=O)=O)ccc1Br. The summed E-state index contributed by atoms with van der Waals surface area (Å²) in [5, 5.41) is 3.07. The van der Waals surface area contributed by atoms with E-state index in [0.29, 0.717) is 16.4 Å². The predicted octanol–water partition coefficient (Wildman–Crippen LogP) is 4.47. The van der Waals surface area contributed by atoms with Crippen LogP contribution in [0, 0.1) is 6.92 Å². The topological polar surface area (TPSA) is 66.5 Å². The highest BCUT2D eigenvalue weighted by atomic mass is 79.9. The molecule has 0 heterocycles. The summed E-state index contributed by atoms with van der Waals surface area (Å²) in [7, 11) is -3.66. The van der Waals surface area contributed by atoms with Gasteiger partial charge < -0.3 is 5.32 Å². The monoisotopic (exact) mass is 464 g/mol. The molecule has 0 saturated carbocycles. The maximum atomic E-state index is 12.3. The summed E-state index contributed by atoms with van der Waals surface area (Å²) >= 11 is 15.3. The van der Waals surface area contributed by atoms with Crippen molar-refractivity contribution in [2.75, 3.05) is 22.4 Å². The predicted molar refractivity (Wildman–Crippen MR) is 106 cm³/mol. The number of anilines is 2. The van der Waals surface area contributed by atoms with E-state index in [1.54, 1.807) is 36.4 Å². The van der Waals surface area contributed by atoms with Crippen molar-refractivity contribution in [2.24, 2.45) is 0 Å². The minimum atomic E-state index is -3.66. The van der Waals surface area contributed by atoms with Crippen molar-refractivity contribution in [2.45, 2.75) is 6.92 Å². The van der Waals surface area contributed by atoms with Crippen LogP contribution in [0.25, 0.3) is 0 Å². The van der Waals surface area contributed by atoms with E-state index in [0.717, 1.165) is 20.6 Å². The lowest BCUT2D eigenvalue weighted by atomic mass is 10.2. The van der Waals surface area contributed by atoms with Crippen molar-refractivity contribution in [1.29, 1.82) is 0 Å². The first kappa shape index (κ1) is 20.0. The second-order valence-corrected chi connectivity index (χ2v) is 8.90. The summed E-state index contributed by atoms with van der Waals surface area (Å²) in [6.07, 6.45) is 1.05. The summed E-state index contributed by atoms with van der Waals surface area (Å²) in [5.74, 6) is -0.532. The molecule has 0 unspecified atom stereocenters. The lowest BCUT2D eigenvalue weighted by molar-refractivity contribution is -0.114. The van der Waals surface area contributed by atoms with Crippen LogP contribution in [0.1, 0.15) is 5.56 Å². The van der Waals surface area contributed by atoms with Crippen molar-refractivity contribution >= 4 is 66.4 Å². The van der Waals surface area contributed by atoms with E-state index in [1.807, 2.05) is 6.92 Å². The Hall–Kier alpha value is -1.28. The fraction of sp³-hybridized carbons (Fsp3) is 0.188. The van der Waals surface area contributed by atoms with E-state index in [9.17, 15) is 13.2 Å². The van der Waals surface area contributed by atoms with Gasteiger partial charge in [0.25, 0.3) is 0 Å². The summed E-state index contributed by atoms with van der Waals surface area (Å²) < 4.78 is 26.1. The summed E-state index contributed by atoms with van der Waals surface area (Å²) in [6.45, 7) is 1.45. The number of benzene rings is 2. The summed E-state index contributed by atoms with van der Waals surface area (Å²) in [4.78, 5) is 12.3. The van der Waals surface area contributed by atoms with E-state index in [-0.39, 0.29) is 11.6 Å². The molecule has 2 aromatic carbocycles. The van der Waals surface area contributed by atoms with Crippen molar-refractivity contribution in [3.05, 3.63) is 56.5 Å². The molecule has 25 heavy (non-hydrogen) atoms. The van der Waals surface area contributed by atoms with Crippen molar-refractivity contribution in [3.63, 3.8) is 0 Å². The van der Waals surface area contributed by atoms with Gasteiger partial charge in [-0.1, -0.05) is 45.2 Å². The molecule has 1 amide bonds. The number of carbonyl (C=O) groups excluding carboxylic acids is 1. The van der Waals surface area contributed by atoms with Crippen molar-refractivity contribution < 1.29 is 13.2 Å². The van der Waals surface area contributed by atoms with E-state index >= 15 is 0 Å². The first-order valence-corrected chi connectivity index (χ1v) is 10.5. The molecule has 0 radical (unpaired) electrons. The van der Waals surface area contributed by atoms with Gasteiger partial charge in [0.15, 0.2) is 0 Å². The fourth-order valence-electron chi connectivity index (χ4n) is 2.10. The standard InChI is InChI=1S/C16H15BrCl2N2O3S/c1-10-8-11(6-7-12(10)17)21(25(2,23)24)9-15(22)20-14-5-3-4-13(18)16(14)19/h3-8H,9H2,1-2H3,(H,20,22). The van der Waals surface area contributed by atoms with Crippen LogP contribution < -0.4 is 9.62 Å². The molecule has 0 aliphatic rings. The number of hydrogen-bond donors (Lipinski definition) is 1. The molecule has 9 heteroatoms.